The molecular weight excluding hydrogens is 328 g/mol. The van der Waals surface area contributed by atoms with E-state index in [9.17, 15) is 0 Å². The van der Waals surface area contributed by atoms with Crippen LogP contribution in [0.1, 0.15) is 16.5 Å². The fourth-order valence-electron chi connectivity index (χ4n) is 1.68. The highest BCUT2D eigenvalue weighted by molar-refractivity contribution is 9.10. The van der Waals surface area contributed by atoms with E-state index in [1.54, 1.807) is 11.3 Å². The Kier molecular flexibility index (Phi) is 5.26. The van der Waals surface area contributed by atoms with Crippen molar-refractivity contribution in [3.8, 4) is 0 Å². The van der Waals surface area contributed by atoms with Crippen LogP contribution in [0.4, 0.5) is 0 Å². The molecule has 5 heteroatoms. The molecular formula is C13H15BrN2S2. The molecule has 1 heterocycles. The summed E-state index contributed by atoms with van der Waals surface area (Å²) in [5, 5.41) is 2.11. The van der Waals surface area contributed by atoms with Gasteiger partial charge in [-0.3, -0.25) is 11.3 Å². The molecule has 0 amide bonds. The van der Waals surface area contributed by atoms with E-state index < -0.39 is 0 Å². The molecule has 2 nitrogen and oxygen atoms in total. The fourth-order valence-corrected chi connectivity index (χ4v) is 4.33. The van der Waals surface area contributed by atoms with Crippen molar-refractivity contribution in [2.45, 2.75) is 17.9 Å². The van der Waals surface area contributed by atoms with Gasteiger partial charge in [-0.1, -0.05) is 22.0 Å². The van der Waals surface area contributed by atoms with Gasteiger partial charge in [-0.2, -0.15) is 0 Å². The standard InChI is InChI=1S/C13H15BrN2S2/c1-9-5-6-17-13(9)12(16-15)8-18-11-4-2-3-10(14)7-11/h2-7,12,16H,8,15H2,1H3. The molecule has 1 aromatic carbocycles. The summed E-state index contributed by atoms with van der Waals surface area (Å²) >= 11 is 7.05. The van der Waals surface area contributed by atoms with Gasteiger partial charge < -0.3 is 0 Å². The van der Waals surface area contributed by atoms with Crippen LogP contribution in [0.5, 0.6) is 0 Å². The number of aryl methyl sites for hydroxylation is 1. The summed E-state index contributed by atoms with van der Waals surface area (Å²) in [5.41, 5.74) is 4.21. The van der Waals surface area contributed by atoms with Gasteiger partial charge in [0.2, 0.25) is 0 Å². The van der Waals surface area contributed by atoms with Crippen LogP contribution in [0.15, 0.2) is 45.1 Å². The monoisotopic (exact) mass is 342 g/mol. The lowest BCUT2D eigenvalue weighted by Gasteiger charge is -2.15. The molecule has 96 valence electrons. The summed E-state index contributed by atoms with van der Waals surface area (Å²) in [6, 6.07) is 10.7. The molecule has 1 atom stereocenters. The van der Waals surface area contributed by atoms with Gasteiger partial charge in [0, 0.05) is 20.0 Å². The van der Waals surface area contributed by atoms with Crippen LogP contribution in [0, 0.1) is 6.92 Å². The maximum atomic E-state index is 5.66. The molecule has 2 aromatic rings. The summed E-state index contributed by atoms with van der Waals surface area (Å²) in [4.78, 5) is 2.57. The number of hydrogen-bond donors (Lipinski definition) is 2. The maximum absolute atomic E-state index is 5.66. The number of hydrogen-bond acceptors (Lipinski definition) is 4. The molecule has 0 aliphatic rings. The van der Waals surface area contributed by atoms with Gasteiger partial charge in [0.15, 0.2) is 0 Å². The molecule has 0 aliphatic heterocycles. The third kappa shape index (κ3) is 3.59. The smallest absolute Gasteiger partial charge is 0.0649 e. The van der Waals surface area contributed by atoms with Crippen molar-refractivity contribution in [2.75, 3.05) is 5.75 Å². The van der Waals surface area contributed by atoms with Crippen molar-refractivity contribution in [3.05, 3.63) is 50.6 Å². The lowest BCUT2D eigenvalue weighted by molar-refractivity contribution is 0.618. The molecule has 18 heavy (non-hydrogen) atoms. The predicted molar refractivity (Wildman–Crippen MR) is 84.0 cm³/mol. The van der Waals surface area contributed by atoms with Gasteiger partial charge in [-0.25, -0.2) is 0 Å². The zero-order valence-electron chi connectivity index (χ0n) is 10.0. The van der Waals surface area contributed by atoms with E-state index in [1.807, 2.05) is 23.9 Å². The largest absolute Gasteiger partial charge is 0.271 e. The molecule has 0 bridgehead atoms. The van der Waals surface area contributed by atoms with Crippen LogP contribution >= 0.6 is 39.0 Å². The Morgan fingerprint density at radius 2 is 2.28 bits per heavy atom. The van der Waals surface area contributed by atoms with Crippen molar-refractivity contribution >= 4 is 39.0 Å². The molecule has 0 saturated heterocycles. The van der Waals surface area contributed by atoms with Gasteiger partial charge in [0.05, 0.1) is 6.04 Å². The molecule has 0 saturated carbocycles. The molecule has 0 spiro atoms. The Labute approximate surface area is 124 Å². The minimum absolute atomic E-state index is 0.203. The van der Waals surface area contributed by atoms with Gasteiger partial charge in [-0.05, 0) is 42.1 Å². The van der Waals surface area contributed by atoms with Gasteiger partial charge in [0.25, 0.3) is 0 Å². The summed E-state index contributed by atoms with van der Waals surface area (Å²) in [6.07, 6.45) is 0. The number of hydrazine groups is 1. The second kappa shape index (κ2) is 6.73. The highest BCUT2D eigenvalue weighted by atomic mass is 79.9. The first kappa shape index (κ1) is 14.1. The highest BCUT2D eigenvalue weighted by Crippen LogP contribution is 2.30. The van der Waals surface area contributed by atoms with E-state index in [0.29, 0.717) is 0 Å². The average molecular weight is 343 g/mol. The van der Waals surface area contributed by atoms with E-state index in [2.05, 4.69) is 51.9 Å². The van der Waals surface area contributed by atoms with E-state index in [-0.39, 0.29) is 6.04 Å². The summed E-state index contributed by atoms with van der Waals surface area (Å²) in [6.45, 7) is 2.12. The van der Waals surface area contributed by atoms with Crippen LogP contribution in [0.2, 0.25) is 0 Å². The van der Waals surface area contributed by atoms with Crippen molar-refractivity contribution in [3.63, 3.8) is 0 Å². The topological polar surface area (TPSA) is 38.0 Å². The number of halogens is 1. The maximum Gasteiger partial charge on any atom is 0.0649 e. The van der Waals surface area contributed by atoms with Crippen LogP contribution < -0.4 is 11.3 Å². The van der Waals surface area contributed by atoms with Crippen LogP contribution in [-0.2, 0) is 0 Å². The number of thiophene rings is 1. The lowest BCUT2D eigenvalue weighted by atomic mass is 10.2. The second-order valence-electron chi connectivity index (χ2n) is 3.96. The van der Waals surface area contributed by atoms with E-state index in [1.165, 1.54) is 15.3 Å². The van der Waals surface area contributed by atoms with E-state index in [0.717, 1.165) is 10.2 Å². The predicted octanol–water partition coefficient (Wildman–Crippen LogP) is 4.12. The molecule has 2 rings (SSSR count). The Morgan fingerprint density at radius 1 is 1.44 bits per heavy atom. The van der Waals surface area contributed by atoms with E-state index >= 15 is 0 Å². The first-order valence-electron chi connectivity index (χ1n) is 5.59. The van der Waals surface area contributed by atoms with Crippen molar-refractivity contribution < 1.29 is 0 Å². The van der Waals surface area contributed by atoms with Crippen molar-refractivity contribution in [1.82, 2.24) is 5.43 Å². The number of nitrogens with two attached hydrogens (primary N) is 1. The van der Waals surface area contributed by atoms with Gasteiger partial charge in [-0.15, -0.1) is 23.1 Å². The molecule has 1 unspecified atom stereocenters. The van der Waals surface area contributed by atoms with Crippen molar-refractivity contribution in [2.24, 2.45) is 5.84 Å². The zero-order valence-corrected chi connectivity index (χ0v) is 13.2. The number of rotatable bonds is 5. The third-order valence-electron chi connectivity index (χ3n) is 2.63. The lowest BCUT2D eigenvalue weighted by Crippen LogP contribution is -2.29. The summed E-state index contributed by atoms with van der Waals surface area (Å²) < 4.78 is 1.11. The van der Waals surface area contributed by atoms with Crippen LogP contribution in [0.3, 0.4) is 0 Å². The fraction of sp³-hybridized carbons (Fsp3) is 0.231. The highest BCUT2D eigenvalue weighted by Gasteiger charge is 2.13. The quantitative estimate of drug-likeness (QED) is 0.487. The minimum atomic E-state index is 0.203. The first-order valence-corrected chi connectivity index (χ1v) is 8.25. The molecule has 0 fully saturated rings. The Balaban J connectivity index is 2.02. The minimum Gasteiger partial charge on any atom is -0.271 e. The van der Waals surface area contributed by atoms with Gasteiger partial charge >= 0.3 is 0 Å². The molecule has 1 aromatic heterocycles. The number of nitrogens with one attached hydrogen (secondary N) is 1. The molecule has 0 aliphatic carbocycles. The SMILES string of the molecule is Cc1ccsc1C(CSc1cccc(Br)c1)NN. The zero-order chi connectivity index (χ0) is 13.0. The van der Waals surface area contributed by atoms with Crippen LogP contribution in [-0.4, -0.2) is 5.75 Å². The Morgan fingerprint density at radius 3 is 2.89 bits per heavy atom. The first-order chi connectivity index (χ1) is 8.70. The van der Waals surface area contributed by atoms with Crippen LogP contribution in [0.25, 0.3) is 0 Å². The number of benzene rings is 1. The summed E-state index contributed by atoms with van der Waals surface area (Å²) in [5.74, 6) is 6.59. The normalized spacial score (nSPS) is 12.6. The Hall–Kier alpha value is -0.330. The van der Waals surface area contributed by atoms with E-state index in [4.69, 9.17) is 5.84 Å². The summed E-state index contributed by atoms with van der Waals surface area (Å²) in [7, 11) is 0. The second-order valence-corrected chi connectivity index (χ2v) is 6.91. The average Bonchev–Trinajstić information content (AvgIpc) is 2.77. The van der Waals surface area contributed by atoms with Gasteiger partial charge in [0.1, 0.15) is 0 Å². The Bertz CT molecular complexity index is 513. The third-order valence-corrected chi connectivity index (χ3v) is 5.35. The molecule has 3 N–H and O–H groups in total. The molecule has 0 radical (unpaired) electrons. The number of thioether (sulfide) groups is 1. The van der Waals surface area contributed by atoms with Crippen molar-refractivity contribution in [1.29, 1.82) is 0 Å².